The molecule has 0 aliphatic carbocycles. The molecule has 0 saturated carbocycles. The highest BCUT2D eigenvalue weighted by molar-refractivity contribution is 5.85. The summed E-state index contributed by atoms with van der Waals surface area (Å²) in [5.74, 6) is 0.293. The molecular weight excluding hydrogens is 210 g/mol. The fourth-order valence-electron chi connectivity index (χ4n) is 2.18. The van der Waals surface area contributed by atoms with Crippen LogP contribution in [-0.4, -0.2) is 9.67 Å². The molecule has 0 saturated heterocycles. The third-order valence-electron chi connectivity index (χ3n) is 3.04. The van der Waals surface area contributed by atoms with Gasteiger partial charge < -0.3 is 9.67 Å². The van der Waals surface area contributed by atoms with E-state index in [-0.39, 0.29) is 0 Å². The molecule has 0 radical (unpaired) electrons. The molecule has 0 bridgehead atoms. The van der Waals surface area contributed by atoms with Crippen molar-refractivity contribution in [1.29, 1.82) is 0 Å². The molecule has 1 heterocycles. The summed E-state index contributed by atoms with van der Waals surface area (Å²) in [6.07, 6.45) is 2.12. The number of hydrogen-bond donors (Lipinski definition) is 1. The molecule has 0 aliphatic heterocycles. The number of nitrogens with zero attached hydrogens (tertiary/aromatic N) is 1. The Labute approximate surface area is 99.7 Å². The van der Waals surface area contributed by atoms with Crippen molar-refractivity contribution >= 4 is 10.9 Å². The summed E-state index contributed by atoms with van der Waals surface area (Å²) in [6.45, 7) is 2.11. The summed E-state index contributed by atoms with van der Waals surface area (Å²) < 4.78 is 2.14. The number of rotatable bonds is 1. The number of benzene rings is 2. The standard InChI is InChI=1S/C15H13NO/c1-11-10-16(12-6-8-13(17)9-7-12)15-5-3-2-4-14(11)15/h2-10,17H,1H3. The van der Waals surface area contributed by atoms with Gasteiger partial charge in [0.1, 0.15) is 5.75 Å². The SMILES string of the molecule is Cc1cn(-c2ccc(O)cc2)c2ccccc12. The predicted molar refractivity (Wildman–Crippen MR) is 69.7 cm³/mol. The van der Waals surface area contributed by atoms with Gasteiger partial charge in [0.2, 0.25) is 0 Å². The third kappa shape index (κ3) is 1.58. The quantitative estimate of drug-likeness (QED) is 0.669. The molecular formula is C15H13NO. The molecule has 0 spiro atoms. The molecule has 2 aromatic carbocycles. The average molecular weight is 223 g/mol. The Morgan fingerprint density at radius 2 is 1.65 bits per heavy atom. The second-order valence-corrected chi connectivity index (χ2v) is 4.22. The zero-order chi connectivity index (χ0) is 11.8. The van der Waals surface area contributed by atoms with Gasteiger partial charge in [-0.1, -0.05) is 18.2 Å². The highest BCUT2D eigenvalue weighted by atomic mass is 16.3. The van der Waals surface area contributed by atoms with E-state index in [1.807, 2.05) is 18.2 Å². The summed E-state index contributed by atoms with van der Waals surface area (Å²) in [5.41, 5.74) is 3.51. The monoisotopic (exact) mass is 223 g/mol. The topological polar surface area (TPSA) is 25.2 Å². The Hall–Kier alpha value is -2.22. The lowest BCUT2D eigenvalue weighted by atomic mass is 10.2. The smallest absolute Gasteiger partial charge is 0.115 e. The Balaban J connectivity index is 2.27. The van der Waals surface area contributed by atoms with E-state index in [0.717, 1.165) is 5.69 Å². The number of phenolic OH excluding ortho intramolecular Hbond substituents is 1. The summed E-state index contributed by atoms with van der Waals surface area (Å²) in [7, 11) is 0. The van der Waals surface area contributed by atoms with Crippen LogP contribution in [-0.2, 0) is 0 Å². The second kappa shape index (κ2) is 3.67. The molecule has 0 unspecified atom stereocenters. The van der Waals surface area contributed by atoms with Crippen molar-refractivity contribution in [3.8, 4) is 11.4 Å². The number of para-hydroxylation sites is 1. The van der Waals surface area contributed by atoms with E-state index in [1.54, 1.807) is 12.1 Å². The number of aryl methyl sites for hydroxylation is 1. The van der Waals surface area contributed by atoms with Gasteiger partial charge in [0.15, 0.2) is 0 Å². The van der Waals surface area contributed by atoms with Gasteiger partial charge in [0.25, 0.3) is 0 Å². The zero-order valence-corrected chi connectivity index (χ0v) is 9.59. The van der Waals surface area contributed by atoms with Crippen molar-refractivity contribution < 1.29 is 5.11 Å². The lowest BCUT2D eigenvalue weighted by Gasteiger charge is -2.05. The van der Waals surface area contributed by atoms with E-state index in [0.29, 0.717) is 5.75 Å². The molecule has 17 heavy (non-hydrogen) atoms. The van der Waals surface area contributed by atoms with Crippen molar-refractivity contribution in [1.82, 2.24) is 4.57 Å². The zero-order valence-electron chi connectivity index (χ0n) is 9.59. The van der Waals surface area contributed by atoms with Gasteiger partial charge in [-0.05, 0) is 42.8 Å². The highest BCUT2D eigenvalue weighted by Gasteiger charge is 2.05. The second-order valence-electron chi connectivity index (χ2n) is 4.22. The molecule has 3 aromatic rings. The summed E-state index contributed by atoms with van der Waals surface area (Å²) >= 11 is 0. The summed E-state index contributed by atoms with van der Waals surface area (Å²) in [6, 6.07) is 15.6. The van der Waals surface area contributed by atoms with E-state index in [4.69, 9.17) is 0 Å². The Morgan fingerprint density at radius 1 is 0.941 bits per heavy atom. The molecule has 0 amide bonds. The van der Waals surface area contributed by atoms with Crippen LogP contribution in [0.1, 0.15) is 5.56 Å². The first-order chi connectivity index (χ1) is 8.25. The molecule has 0 aliphatic rings. The van der Waals surface area contributed by atoms with Crippen LogP contribution < -0.4 is 0 Å². The van der Waals surface area contributed by atoms with Crippen molar-refractivity contribution in [3.05, 3.63) is 60.3 Å². The lowest BCUT2D eigenvalue weighted by molar-refractivity contribution is 0.475. The normalized spacial score (nSPS) is 10.9. The van der Waals surface area contributed by atoms with E-state index in [2.05, 4.69) is 35.9 Å². The maximum absolute atomic E-state index is 9.31. The first-order valence-electron chi connectivity index (χ1n) is 5.62. The third-order valence-corrected chi connectivity index (χ3v) is 3.04. The van der Waals surface area contributed by atoms with Gasteiger partial charge in [-0.3, -0.25) is 0 Å². The van der Waals surface area contributed by atoms with Gasteiger partial charge >= 0.3 is 0 Å². The first kappa shape index (κ1) is 9.97. The maximum Gasteiger partial charge on any atom is 0.115 e. The van der Waals surface area contributed by atoms with Crippen LogP contribution in [0.15, 0.2) is 54.7 Å². The van der Waals surface area contributed by atoms with Crippen molar-refractivity contribution in [3.63, 3.8) is 0 Å². The van der Waals surface area contributed by atoms with Crippen LogP contribution in [0.3, 0.4) is 0 Å². The van der Waals surface area contributed by atoms with Crippen molar-refractivity contribution in [2.24, 2.45) is 0 Å². The van der Waals surface area contributed by atoms with E-state index in [9.17, 15) is 5.11 Å². The van der Waals surface area contributed by atoms with Crippen LogP contribution >= 0.6 is 0 Å². The van der Waals surface area contributed by atoms with Gasteiger partial charge in [-0.25, -0.2) is 0 Å². The lowest BCUT2D eigenvalue weighted by Crippen LogP contribution is -1.90. The first-order valence-corrected chi connectivity index (χ1v) is 5.62. The van der Waals surface area contributed by atoms with Crippen LogP contribution in [0.5, 0.6) is 5.75 Å². The largest absolute Gasteiger partial charge is 0.508 e. The molecule has 3 rings (SSSR count). The predicted octanol–water partition coefficient (Wildman–Crippen LogP) is 3.64. The van der Waals surface area contributed by atoms with Gasteiger partial charge in [-0.2, -0.15) is 0 Å². The summed E-state index contributed by atoms with van der Waals surface area (Å²) in [5, 5.41) is 10.6. The van der Waals surface area contributed by atoms with Crippen molar-refractivity contribution in [2.45, 2.75) is 6.92 Å². The van der Waals surface area contributed by atoms with Crippen LogP contribution in [0.2, 0.25) is 0 Å². The molecule has 0 atom stereocenters. The number of phenols is 1. The molecule has 2 heteroatoms. The minimum atomic E-state index is 0.293. The van der Waals surface area contributed by atoms with Crippen LogP contribution in [0.4, 0.5) is 0 Å². The molecule has 1 N–H and O–H groups in total. The van der Waals surface area contributed by atoms with Crippen LogP contribution in [0, 0.1) is 6.92 Å². The Morgan fingerprint density at radius 3 is 2.41 bits per heavy atom. The number of aromatic hydroxyl groups is 1. The fourth-order valence-corrected chi connectivity index (χ4v) is 2.18. The Bertz CT molecular complexity index is 665. The molecule has 1 aromatic heterocycles. The van der Waals surface area contributed by atoms with Gasteiger partial charge in [-0.15, -0.1) is 0 Å². The minimum absolute atomic E-state index is 0.293. The number of aromatic nitrogens is 1. The van der Waals surface area contributed by atoms with Crippen LogP contribution in [0.25, 0.3) is 16.6 Å². The van der Waals surface area contributed by atoms with Crippen molar-refractivity contribution in [2.75, 3.05) is 0 Å². The molecule has 0 fully saturated rings. The molecule has 84 valence electrons. The van der Waals surface area contributed by atoms with Gasteiger partial charge in [0.05, 0.1) is 5.52 Å². The highest BCUT2D eigenvalue weighted by Crippen LogP contribution is 2.24. The Kier molecular flexibility index (Phi) is 2.15. The maximum atomic E-state index is 9.31. The van der Waals surface area contributed by atoms with E-state index >= 15 is 0 Å². The number of fused-ring (bicyclic) bond motifs is 1. The fraction of sp³-hybridized carbons (Fsp3) is 0.0667. The average Bonchev–Trinajstić information content (AvgIpc) is 2.69. The van der Waals surface area contributed by atoms with Gasteiger partial charge in [0, 0.05) is 17.3 Å². The van der Waals surface area contributed by atoms with E-state index in [1.165, 1.54) is 16.5 Å². The minimum Gasteiger partial charge on any atom is -0.508 e. The van der Waals surface area contributed by atoms with E-state index < -0.39 is 0 Å². The molecule has 2 nitrogen and oxygen atoms in total. The number of hydrogen-bond acceptors (Lipinski definition) is 1. The summed E-state index contributed by atoms with van der Waals surface area (Å²) in [4.78, 5) is 0.